The van der Waals surface area contributed by atoms with Crippen LogP contribution in [0.25, 0.3) is 22.5 Å². The highest BCUT2D eigenvalue weighted by atomic mass is 32.2. The monoisotopic (exact) mass is 519 g/mol. The molecule has 1 N–H and O–H groups in total. The fraction of sp³-hybridized carbons (Fsp3) is 0.0968. The summed E-state index contributed by atoms with van der Waals surface area (Å²) < 4.78 is 0. The van der Waals surface area contributed by atoms with E-state index in [9.17, 15) is 4.79 Å². The van der Waals surface area contributed by atoms with Crippen LogP contribution in [-0.4, -0.2) is 21.1 Å². The lowest BCUT2D eigenvalue weighted by Gasteiger charge is -2.33. The molecule has 6 heteroatoms. The Kier molecular flexibility index (Phi) is 6.60. The first-order chi connectivity index (χ1) is 18.2. The molecular weight excluding hydrogens is 494 g/mol. The van der Waals surface area contributed by atoms with Gasteiger partial charge < -0.3 is 4.98 Å². The van der Waals surface area contributed by atoms with E-state index >= 15 is 0 Å². The fourth-order valence-corrected chi connectivity index (χ4v) is 6.56. The number of aromatic amines is 1. The zero-order chi connectivity index (χ0) is 25.2. The molecule has 1 amide bonds. The summed E-state index contributed by atoms with van der Waals surface area (Å²) >= 11 is 3.21. The molecule has 0 fully saturated rings. The van der Waals surface area contributed by atoms with Gasteiger partial charge in [0.1, 0.15) is 0 Å². The number of thioether (sulfide) groups is 1. The van der Waals surface area contributed by atoms with Gasteiger partial charge in [-0.25, -0.2) is 4.98 Å². The van der Waals surface area contributed by atoms with Crippen LogP contribution in [0.2, 0.25) is 0 Å². The summed E-state index contributed by atoms with van der Waals surface area (Å²) in [6, 6.07) is 36.7. The molecule has 6 rings (SSSR count). The molecule has 0 aliphatic carbocycles. The van der Waals surface area contributed by atoms with E-state index in [0.29, 0.717) is 6.42 Å². The minimum absolute atomic E-state index is 0.0617. The van der Waals surface area contributed by atoms with Crippen molar-refractivity contribution in [3.05, 3.63) is 109 Å². The number of fused-ring (bicyclic) bond motifs is 2. The first-order valence-corrected chi connectivity index (χ1v) is 14.0. The van der Waals surface area contributed by atoms with Crippen LogP contribution >= 0.6 is 23.5 Å². The Hall–Kier alpha value is -3.74. The second-order valence-corrected chi connectivity index (χ2v) is 11.0. The fourth-order valence-electron chi connectivity index (χ4n) is 4.56. The summed E-state index contributed by atoms with van der Waals surface area (Å²) in [5, 5.41) is 0.438. The highest BCUT2D eigenvalue weighted by Gasteiger charge is 2.33. The van der Waals surface area contributed by atoms with E-state index in [2.05, 4.69) is 48.3 Å². The maximum Gasteiger partial charge on any atom is 0.245 e. The second-order valence-electron chi connectivity index (χ2n) is 8.72. The van der Waals surface area contributed by atoms with Gasteiger partial charge in [0, 0.05) is 20.9 Å². The Morgan fingerprint density at radius 1 is 0.811 bits per heavy atom. The number of benzene rings is 4. The third-order valence-electron chi connectivity index (χ3n) is 6.34. The van der Waals surface area contributed by atoms with Crippen LogP contribution < -0.4 is 4.90 Å². The van der Waals surface area contributed by atoms with Gasteiger partial charge in [-0.15, -0.1) is 0 Å². The number of anilines is 2. The average Bonchev–Trinajstić information content (AvgIpc) is 3.39. The number of para-hydroxylation sites is 2. The van der Waals surface area contributed by atoms with Crippen molar-refractivity contribution >= 4 is 40.8 Å². The van der Waals surface area contributed by atoms with Gasteiger partial charge >= 0.3 is 0 Å². The van der Waals surface area contributed by atoms with E-state index in [1.165, 1.54) is 11.8 Å². The van der Waals surface area contributed by atoms with E-state index in [-0.39, 0.29) is 11.2 Å². The van der Waals surface area contributed by atoms with Gasteiger partial charge in [-0.1, -0.05) is 115 Å². The molecule has 0 saturated carbocycles. The lowest BCUT2D eigenvalue weighted by molar-refractivity contribution is -0.117. The Morgan fingerprint density at radius 2 is 1.35 bits per heavy atom. The quantitative estimate of drug-likeness (QED) is 0.229. The standard InChI is InChI=1S/C31H25N3OS2/c1-2-25(30(35)34-23-17-9-11-19-26(23)36-27-20-12-10-18-24(27)34)37-31-32-28(21-13-5-3-6-14-21)29(33-31)22-15-7-4-8-16-22/h3-20,25H,2H2,1H3,(H,32,33). The van der Waals surface area contributed by atoms with Gasteiger partial charge in [0.25, 0.3) is 0 Å². The first kappa shape index (κ1) is 23.6. The van der Waals surface area contributed by atoms with Crippen molar-refractivity contribution < 1.29 is 4.79 Å². The van der Waals surface area contributed by atoms with E-state index in [1.54, 1.807) is 11.8 Å². The van der Waals surface area contributed by atoms with Gasteiger partial charge in [-0.05, 0) is 30.7 Å². The van der Waals surface area contributed by atoms with Gasteiger partial charge in [-0.2, -0.15) is 0 Å². The Balaban J connectivity index is 1.37. The van der Waals surface area contributed by atoms with Crippen LogP contribution in [0, 0.1) is 0 Å². The Bertz CT molecular complexity index is 1450. The molecule has 0 bridgehead atoms. The molecule has 1 aliphatic heterocycles. The zero-order valence-electron chi connectivity index (χ0n) is 20.3. The maximum atomic E-state index is 14.1. The van der Waals surface area contributed by atoms with E-state index in [4.69, 9.17) is 4.98 Å². The molecule has 2 heterocycles. The second kappa shape index (κ2) is 10.3. The summed E-state index contributed by atoms with van der Waals surface area (Å²) in [5.41, 5.74) is 5.83. The molecule has 37 heavy (non-hydrogen) atoms. The van der Waals surface area contributed by atoms with Crippen molar-refractivity contribution in [2.45, 2.75) is 33.5 Å². The van der Waals surface area contributed by atoms with Crippen molar-refractivity contribution in [2.75, 3.05) is 4.90 Å². The lowest BCUT2D eigenvalue weighted by Crippen LogP contribution is -2.35. The molecule has 1 atom stereocenters. The van der Waals surface area contributed by atoms with Crippen molar-refractivity contribution in [2.24, 2.45) is 0 Å². The number of aromatic nitrogens is 2. The minimum atomic E-state index is -0.303. The number of H-pyrrole nitrogens is 1. The largest absolute Gasteiger partial charge is 0.332 e. The van der Waals surface area contributed by atoms with Crippen LogP contribution in [0.4, 0.5) is 11.4 Å². The molecule has 1 aromatic heterocycles. The van der Waals surface area contributed by atoms with Crippen molar-refractivity contribution in [1.29, 1.82) is 0 Å². The average molecular weight is 520 g/mol. The number of hydrogen-bond acceptors (Lipinski definition) is 4. The Labute approximate surface area is 225 Å². The number of nitrogens with zero attached hydrogens (tertiary/aromatic N) is 2. The number of hydrogen-bond donors (Lipinski definition) is 1. The summed E-state index contributed by atoms with van der Waals surface area (Å²) in [5.74, 6) is 0.0617. The summed E-state index contributed by atoms with van der Waals surface area (Å²) in [7, 11) is 0. The third-order valence-corrected chi connectivity index (χ3v) is 8.71. The number of nitrogens with one attached hydrogen (secondary N) is 1. The SMILES string of the molecule is CCC(Sc1nc(-c2ccccc2)c(-c2ccccc2)[nH]1)C(=O)N1c2ccccc2Sc2ccccc21. The van der Waals surface area contributed by atoms with Gasteiger partial charge in [0.2, 0.25) is 5.91 Å². The molecule has 5 aromatic rings. The topological polar surface area (TPSA) is 49.0 Å². The third kappa shape index (κ3) is 4.59. The zero-order valence-corrected chi connectivity index (χ0v) is 21.9. The van der Waals surface area contributed by atoms with Crippen molar-refractivity contribution in [3.8, 4) is 22.5 Å². The van der Waals surface area contributed by atoms with Gasteiger partial charge in [-0.3, -0.25) is 9.69 Å². The summed E-state index contributed by atoms with van der Waals surface area (Å²) in [4.78, 5) is 26.7. The van der Waals surface area contributed by atoms with Crippen LogP contribution in [0.1, 0.15) is 13.3 Å². The Morgan fingerprint density at radius 3 is 1.95 bits per heavy atom. The number of rotatable bonds is 6. The van der Waals surface area contributed by atoms with Gasteiger partial charge in [0.15, 0.2) is 5.16 Å². The first-order valence-electron chi connectivity index (χ1n) is 12.3. The molecule has 0 radical (unpaired) electrons. The normalized spacial score (nSPS) is 13.1. The van der Waals surface area contributed by atoms with Crippen LogP contribution in [-0.2, 0) is 4.79 Å². The van der Waals surface area contributed by atoms with E-state index in [0.717, 1.165) is 48.8 Å². The van der Waals surface area contributed by atoms with Crippen molar-refractivity contribution in [1.82, 2.24) is 9.97 Å². The number of imidazole rings is 1. The molecule has 4 nitrogen and oxygen atoms in total. The number of amides is 1. The molecule has 0 spiro atoms. The van der Waals surface area contributed by atoms with E-state index in [1.807, 2.05) is 77.7 Å². The minimum Gasteiger partial charge on any atom is -0.332 e. The van der Waals surface area contributed by atoms with Gasteiger partial charge in [0.05, 0.1) is 28.0 Å². The molecule has 1 unspecified atom stereocenters. The highest BCUT2D eigenvalue weighted by molar-refractivity contribution is 8.00. The molecule has 1 aliphatic rings. The maximum absolute atomic E-state index is 14.1. The highest BCUT2D eigenvalue weighted by Crippen LogP contribution is 2.49. The summed E-state index contributed by atoms with van der Waals surface area (Å²) in [6.07, 6.45) is 0.680. The van der Waals surface area contributed by atoms with E-state index < -0.39 is 0 Å². The number of carbonyl (C=O) groups excluding carboxylic acids is 1. The van der Waals surface area contributed by atoms with Crippen LogP contribution in [0.5, 0.6) is 0 Å². The molecular formula is C31H25N3OS2. The number of carbonyl (C=O) groups is 1. The summed E-state index contributed by atoms with van der Waals surface area (Å²) in [6.45, 7) is 2.06. The smallest absolute Gasteiger partial charge is 0.245 e. The molecule has 182 valence electrons. The predicted octanol–water partition coefficient (Wildman–Crippen LogP) is 8.44. The molecule has 0 saturated heterocycles. The lowest BCUT2D eigenvalue weighted by atomic mass is 10.1. The molecule has 4 aromatic carbocycles. The van der Waals surface area contributed by atoms with Crippen LogP contribution in [0.15, 0.2) is 124 Å². The predicted molar refractivity (Wildman–Crippen MR) is 154 cm³/mol. The van der Waals surface area contributed by atoms with Crippen molar-refractivity contribution in [3.63, 3.8) is 0 Å². The van der Waals surface area contributed by atoms with Crippen LogP contribution in [0.3, 0.4) is 0 Å².